The predicted molar refractivity (Wildman–Crippen MR) is 84.4 cm³/mol. The zero-order valence-electron chi connectivity index (χ0n) is 13.0. The number of amides is 2. The van der Waals surface area contributed by atoms with E-state index in [2.05, 4.69) is 10.6 Å². The van der Waals surface area contributed by atoms with E-state index >= 15 is 0 Å². The van der Waals surface area contributed by atoms with Gasteiger partial charge < -0.3 is 15.2 Å². The van der Waals surface area contributed by atoms with Gasteiger partial charge in [0.1, 0.15) is 5.82 Å². The summed E-state index contributed by atoms with van der Waals surface area (Å²) in [6, 6.07) is 8.03. The molecular formula is C17H18FN3O2. The van der Waals surface area contributed by atoms with Gasteiger partial charge in [-0.1, -0.05) is 6.07 Å². The molecular weight excluding hydrogens is 297 g/mol. The third-order valence-electron chi connectivity index (χ3n) is 4.29. The summed E-state index contributed by atoms with van der Waals surface area (Å²) in [4.78, 5) is 24.3. The van der Waals surface area contributed by atoms with E-state index < -0.39 is 11.7 Å². The Labute approximate surface area is 133 Å². The van der Waals surface area contributed by atoms with Crippen LogP contribution in [0.15, 0.2) is 30.3 Å². The maximum absolute atomic E-state index is 13.3. The number of benzene rings is 1. The van der Waals surface area contributed by atoms with Gasteiger partial charge in [-0.2, -0.15) is 0 Å². The first-order valence-corrected chi connectivity index (χ1v) is 7.44. The molecule has 2 aromatic rings. The maximum Gasteiger partial charge on any atom is 0.228 e. The lowest BCUT2D eigenvalue weighted by Gasteiger charge is -2.25. The summed E-state index contributed by atoms with van der Waals surface area (Å²) < 4.78 is 15.3. The normalized spacial score (nSPS) is 16.7. The van der Waals surface area contributed by atoms with E-state index in [4.69, 9.17) is 0 Å². The van der Waals surface area contributed by atoms with Crippen LogP contribution in [-0.2, 0) is 23.2 Å². The molecule has 1 aromatic carbocycles. The second-order valence-electron chi connectivity index (χ2n) is 5.78. The molecule has 1 aliphatic heterocycles. The van der Waals surface area contributed by atoms with Gasteiger partial charge in [0.25, 0.3) is 0 Å². The quantitative estimate of drug-likeness (QED) is 0.912. The molecule has 2 amide bonds. The SMILES string of the molecule is Cc1ccc(CNC(=O)C2CC(=O)Nc3cc(F)ccc32)n1C. The maximum atomic E-state index is 13.3. The van der Waals surface area contributed by atoms with E-state index in [0.717, 1.165) is 11.4 Å². The molecule has 2 N–H and O–H groups in total. The number of nitrogens with zero attached hydrogens (tertiary/aromatic N) is 1. The molecule has 120 valence electrons. The van der Waals surface area contributed by atoms with Crippen molar-refractivity contribution < 1.29 is 14.0 Å². The molecule has 0 spiro atoms. The first-order valence-electron chi connectivity index (χ1n) is 7.44. The van der Waals surface area contributed by atoms with Crippen molar-refractivity contribution in [3.63, 3.8) is 0 Å². The predicted octanol–water partition coefficient (Wildman–Crippen LogP) is 2.21. The largest absolute Gasteiger partial charge is 0.350 e. The molecule has 3 rings (SSSR count). The van der Waals surface area contributed by atoms with Crippen molar-refractivity contribution in [3.05, 3.63) is 53.1 Å². The Morgan fingerprint density at radius 2 is 2.17 bits per heavy atom. The lowest BCUT2D eigenvalue weighted by Crippen LogP contribution is -2.35. The molecule has 23 heavy (non-hydrogen) atoms. The highest BCUT2D eigenvalue weighted by atomic mass is 19.1. The molecule has 0 fully saturated rings. The number of hydrogen-bond donors (Lipinski definition) is 2. The minimum Gasteiger partial charge on any atom is -0.350 e. The van der Waals surface area contributed by atoms with Crippen LogP contribution < -0.4 is 10.6 Å². The molecule has 0 saturated carbocycles. The number of hydrogen-bond acceptors (Lipinski definition) is 2. The third kappa shape index (κ3) is 2.97. The molecule has 0 aliphatic carbocycles. The average molecular weight is 315 g/mol. The van der Waals surface area contributed by atoms with Gasteiger partial charge in [-0.05, 0) is 36.8 Å². The molecule has 2 heterocycles. The molecule has 0 saturated heterocycles. The van der Waals surface area contributed by atoms with Crippen LogP contribution in [0.5, 0.6) is 0 Å². The molecule has 0 bridgehead atoms. The fourth-order valence-corrected chi connectivity index (χ4v) is 2.82. The highest BCUT2D eigenvalue weighted by molar-refractivity contribution is 6.01. The lowest BCUT2D eigenvalue weighted by atomic mass is 9.89. The van der Waals surface area contributed by atoms with E-state index in [-0.39, 0.29) is 18.2 Å². The number of halogens is 1. The summed E-state index contributed by atoms with van der Waals surface area (Å²) in [5, 5.41) is 5.47. The summed E-state index contributed by atoms with van der Waals surface area (Å²) in [5.74, 6) is -1.55. The number of aromatic nitrogens is 1. The van der Waals surface area contributed by atoms with Crippen LogP contribution in [0.4, 0.5) is 10.1 Å². The van der Waals surface area contributed by atoms with Crippen molar-refractivity contribution in [2.45, 2.75) is 25.8 Å². The van der Waals surface area contributed by atoms with Crippen molar-refractivity contribution in [2.24, 2.45) is 7.05 Å². The molecule has 1 unspecified atom stereocenters. The van der Waals surface area contributed by atoms with Gasteiger partial charge in [-0.15, -0.1) is 0 Å². The zero-order valence-corrected chi connectivity index (χ0v) is 13.0. The lowest BCUT2D eigenvalue weighted by molar-refractivity contribution is -0.126. The first kappa shape index (κ1) is 15.3. The molecule has 1 aromatic heterocycles. The molecule has 6 heteroatoms. The highest BCUT2D eigenvalue weighted by Gasteiger charge is 2.30. The van der Waals surface area contributed by atoms with Gasteiger partial charge in [0.15, 0.2) is 0 Å². The van der Waals surface area contributed by atoms with E-state index in [0.29, 0.717) is 17.8 Å². The zero-order chi connectivity index (χ0) is 16.6. The van der Waals surface area contributed by atoms with Gasteiger partial charge in [0.2, 0.25) is 11.8 Å². The Bertz CT molecular complexity index is 782. The fourth-order valence-electron chi connectivity index (χ4n) is 2.82. The van der Waals surface area contributed by atoms with Crippen molar-refractivity contribution in [2.75, 3.05) is 5.32 Å². The minimum atomic E-state index is -0.597. The van der Waals surface area contributed by atoms with Crippen LogP contribution in [0.3, 0.4) is 0 Å². The molecule has 1 aliphatic rings. The van der Waals surface area contributed by atoms with Crippen LogP contribution in [0.2, 0.25) is 0 Å². The van der Waals surface area contributed by atoms with E-state index in [1.807, 2.05) is 30.7 Å². The number of nitrogens with one attached hydrogen (secondary N) is 2. The van der Waals surface area contributed by atoms with Gasteiger partial charge in [-0.3, -0.25) is 9.59 Å². The number of carbonyl (C=O) groups excluding carboxylic acids is 2. The van der Waals surface area contributed by atoms with Crippen LogP contribution in [0.1, 0.15) is 29.3 Å². The number of anilines is 1. The summed E-state index contributed by atoms with van der Waals surface area (Å²) in [7, 11) is 1.93. The second kappa shape index (κ2) is 5.87. The van der Waals surface area contributed by atoms with E-state index in [1.165, 1.54) is 12.1 Å². The van der Waals surface area contributed by atoms with Crippen molar-refractivity contribution >= 4 is 17.5 Å². The van der Waals surface area contributed by atoms with Crippen LogP contribution in [0.25, 0.3) is 0 Å². The van der Waals surface area contributed by atoms with Crippen molar-refractivity contribution in [1.82, 2.24) is 9.88 Å². The summed E-state index contributed by atoms with van der Waals surface area (Å²) in [6.45, 7) is 2.37. The molecule has 1 atom stereocenters. The van der Waals surface area contributed by atoms with Gasteiger partial charge in [-0.25, -0.2) is 4.39 Å². The molecule has 0 radical (unpaired) electrons. The van der Waals surface area contributed by atoms with E-state index in [1.54, 1.807) is 6.07 Å². The summed E-state index contributed by atoms with van der Waals surface area (Å²) >= 11 is 0. The molecule has 5 nitrogen and oxygen atoms in total. The average Bonchev–Trinajstić information content (AvgIpc) is 2.83. The smallest absolute Gasteiger partial charge is 0.228 e. The Morgan fingerprint density at radius 3 is 2.87 bits per heavy atom. The van der Waals surface area contributed by atoms with Crippen LogP contribution >= 0.6 is 0 Å². The van der Waals surface area contributed by atoms with Gasteiger partial charge >= 0.3 is 0 Å². The first-order chi connectivity index (χ1) is 11.0. The second-order valence-corrected chi connectivity index (χ2v) is 5.78. The third-order valence-corrected chi connectivity index (χ3v) is 4.29. The van der Waals surface area contributed by atoms with Gasteiger partial charge in [0.05, 0.1) is 12.5 Å². The summed E-state index contributed by atoms with van der Waals surface area (Å²) in [6.07, 6.45) is 0.0661. The van der Waals surface area contributed by atoms with Gasteiger partial charge in [0, 0.05) is 30.5 Å². The Hall–Kier alpha value is -2.63. The Morgan fingerprint density at radius 1 is 1.39 bits per heavy atom. The number of fused-ring (bicyclic) bond motifs is 1. The minimum absolute atomic E-state index is 0.0661. The Kier molecular flexibility index (Phi) is 3.90. The number of carbonyl (C=O) groups is 2. The van der Waals surface area contributed by atoms with E-state index in [9.17, 15) is 14.0 Å². The van der Waals surface area contributed by atoms with Crippen molar-refractivity contribution in [3.8, 4) is 0 Å². The summed E-state index contributed by atoms with van der Waals surface area (Å²) in [5.41, 5.74) is 3.10. The topological polar surface area (TPSA) is 63.1 Å². The highest BCUT2D eigenvalue weighted by Crippen LogP contribution is 2.32. The van der Waals surface area contributed by atoms with Crippen molar-refractivity contribution in [1.29, 1.82) is 0 Å². The van der Waals surface area contributed by atoms with Crippen LogP contribution in [0, 0.1) is 12.7 Å². The number of aryl methyl sites for hydroxylation is 1. The van der Waals surface area contributed by atoms with Crippen LogP contribution in [-0.4, -0.2) is 16.4 Å². The fraction of sp³-hybridized carbons (Fsp3) is 0.294. The number of rotatable bonds is 3. The Balaban J connectivity index is 1.77. The standard InChI is InChI=1S/C17H18FN3O2/c1-10-3-5-12(21(10)2)9-19-17(23)14-8-16(22)20-15-7-11(18)4-6-13(14)15/h3-7,14H,8-9H2,1-2H3,(H,19,23)(H,20,22). The monoisotopic (exact) mass is 315 g/mol.